The van der Waals surface area contributed by atoms with Crippen LogP contribution >= 0.6 is 11.3 Å². The maximum absolute atomic E-state index is 4.56. The second-order valence-electron chi connectivity index (χ2n) is 6.95. The van der Waals surface area contributed by atoms with E-state index < -0.39 is 0 Å². The van der Waals surface area contributed by atoms with Crippen LogP contribution in [0.5, 0.6) is 0 Å². The topological polar surface area (TPSA) is 37.8 Å². The summed E-state index contributed by atoms with van der Waals surface area (Å²) in [7, 11) is 1.99. The number of rotatable bonds is 3. The number of nitrogens with zero attached hydrogens (tertiary/aromatic N) is 2. The Morgan fingerprint density at radius 1 is 1.05 bits per heavy atom. The van der Waals surface area contributed by atoms with E-state index in [0.717, 1.165) is 34.6 Å². The highest BCUT2D eigenvalue weighted by atomic mass is 32.1. The first-order valence-electron chi connectivity index (χ1n) is 7.75. The van der Waals surface area contributed by atoms with Gasteiger partial charge >= 0.3 is 0 Å². The molecule has 19 heavy (non-hydrogen) atoms. The van der Waals surface area contributed by atoms with E-state index in [1.54, 1.807) is 0 Å². The molecule has 0 spiro atoms. The molecule has 4 bridgehead atoms. The summed E-state index contributed by atoms with van der Waals surface area (Å²) in [5, 5.41) is 14.8. The van der Waals surface area contributed by atoms with Gasteiger partial charge in [0.2, 0.25) is 0 Å². The number of hydrogen-bond acceptors (Lipinski definition) is 4. The van der Waals surface area contributed by atoms with Gasteiger partial charge in [-0.05, 0) is 69.7 Å². The summed E-state index contributed by atoms with van der Waals surface area (Å²) in [6.07, 6.45) is 7.39. The Balaban J connectivity index is 1.60. The molecule has 0 saturated heterocycles. The van der Waals surface area contributed by atoms with Gasteiger partial charge in [-0.3, -0.25) is 0 Å². The van der Waals surface area contributed by atoms with E-state index in [4.69, 9.17) is 0 Å². The van der Waals surface area contributed by atoms with E-state index in [1.807, 2.05) is 18.4 Å². The SMILES string of the molecule is CNC(C)c1nnc(C2C3CC4CC(C3)CC2C4)s1. The molecule has 4 fully saturated rings. The molecule has 4 heteroatoms. The molecule has 4 aliphatic carbocycles. The smallest absolute Gasteiger partial charge is 0.134 e. The van der Waals surface area contributed by atoms with E-state index in [9.17, 15) is 0 Å². The highest BCUT2D eigenvalue weighted by molar-refractivity contribution is 7.11. The van der Waals surface area contributed by atoms with Crippen LogP contribution < -0.4 is 5.32 Å². The average Bonchev–Trinajstić information content (AvgIpc) is 2.86. The van der Waals surface area contributed by atoms with E-state index >= 15 is 0 Å². The van der Waals surface area contributed by atoms with Crippen molar-refractivity contribution in [2.45, 2.75) is 51.0 Å². The molecule has 1 atom stereocenters. The van der Waals surface area contributed by atoms with Crippen molar-refractivity contribution in [1.29, 1.82) is 0 Å². The van der Waals surface area contributed by atoms with Gasteiger partial charge in [-0.1, -0.05) is 11.3 Å². The Hall–Kier alpha value is -0.480. The molecule has 3 nitrogen and oxygen atoms in total. The molecule has 1 N–H and O–H groups in total. The van der Waals surface area contributed by atoms with Crippen molar-refractivity contribution in [3.8, 4) is 0 Å². The Morgan fingerprint density at radius 3 is 2.26 bits per heavy atom. The average molecular weight is 277 g/mol. The summed E-state index contributed by atoms with van der Waals surface area (Å²) >= 11 is 1.86. The molecule has 1 aromatic heterocycles. The predicted octanol–water partition coefficient (Wildman–Crippen LogP) is 3.36. The van der Waals surface area contributed by atoms with Gasteiger partial charge in [0.25, 0.3) is 0 Å². The van der Waals surface area contributed by atoms with E-state index in [1.165, 1.54) is 37.1 Å². The highest BCUT2D eigenvalue weighted by Crippen LogP contribution is 2.60. The summed E-state index contributed by atoms with van der Waals surface area (Å²) in [6.45, 7) is 2.17. The monoisotopic (exact) mass is 277 g/mol. The molecule has 5 rings (SSSR count). The third kappa shape index (κ3) is 1.95. The first-order valence-corrected chi connectivity index (χ1v) is 8.56. The first kappa shape index (κ1) is 12.3. The van der Waals surface area contributed by atoms with Gasteiger partial charge in [-0.25, -0.2) is 0 Å². The van der Waals surface area contributed by atoms with Crippen LogP contribution in [-0.2, 0) is 0 Å². The molecule has 0 amide bonds. The van der Waals surface area contributed by atoms with Gasteiger partial charge in [0.1, 0.15) is 10.0 Å². The van der Waals surface area contributed by atoms with Gasteiger partial charge in [0, 0.05) is 5.92 Å². The van der Waals surface area contributed by atoms with Crippen molar-refractivity contribution in [3.63, 3.8) is 0 Å². The first-order chi connectivity index (χ1) is 9.24. The lowest BCUT2D eigenvalue weighted by Gasteiger charge is -2.53. The largest absolute Gasteiger partial charge is 0.311 e. The minimum atomic E-state index is 0.336. The Kier molecular flexibility index (Phi) is 2.92. The third-order valence-electron chi connectivity index (χ3n) is 5.77. The molecule has 1 heterocycles. The zero-order valence-corrected chi connectivity index (χ0v) is 12.6. The molecular weight excluding hydrogens is 254 g/mol. The van der Waals surface area contributed by atoms with Gasteiger partial charge in [-0.2, -0.15) is 0 Å². The van der Waals surface area contributed by atoms with E-state index in [0.29, 0.717) is 6.04 Å². The maximum atomic E-state index is 4.56. The molecule has 0 aromatic carbocycles. The fraction of sp³-hybridized carbons (Fsp3) is 0.867. The van der Waals surface area contributed by atoms with E-state index in [-0.39, 0.29) is 0 Å². The minimum absolute atomic E-state index is 0.336. The molecular formula is C15H23N3S. The molecule has 0 radical (unpaired) electrons. The minimum Gasteiger partial charge on any atom is -0.311 e. The third-order valence-corrected chi connectivity index (χ3v) is 6.98. The summed E-state index contributed by atoms with van der Waals surface area (Å²) in [6, 6.07) is 0.336. The molecule has 4 saturated carbocycles. The van der Waals surface area contributed by atoms with E-state index in [2.05, 4.69) is 22.4 Å². The van der Waals surface area contributed by atoms with Crippen molar-refractivity contribution in [2.24, 2.45) is 23.7 Å². The van der Waals surface area contributed by atoms with Gasteiger partial charge < -0.3 is 5.32 Å². The van der Waals surface area contributed by atoms with Crippen molar-refractivity contribution < 1.29 is 0 Å². The van der Waals surface area contributed by atoms with Crippen molar-refractivity contribution in [1.82, 2.24) is 15.5 Å². The Bertz CT molecular complexity index is 442. The predicted molar refractivity (Wildman–Crippen MR) is 77.2 cm³/mol. The lowest BCUT2D eigenvalue weighted by molar-refractivity contribution is -0.00303. The lowest BCUT2D eigenvalue weighted by Crippen LogP contribution is -2.43. The van der Waals surface area contributed by atoms with Crippen molar-refractivity contribution >= 4 is 11.3 Å². The number of hydrogen-bond donors (Lipinski definition) is 1. The summed E-state index contributed by atoms with van der Waals surface area (Å²) in [5.41, 5.74) is 0. The normalized spacial score (nSPS) is 41.7. The van der Waals surface area contributed by atoms with Gasteiger partial charge in [0.05, 0.1) is 6.04 Å². The highest BCUT2D eigenvalue weighted by Gasteiger charge is 2.49. The molecule has 104 valence electrons. The van der Waals surface area contributed by atoms with Crippen LogP contribution in [0.15, 0.2) is 0 Å². The number of nitrogens with one attached hydrogen (secondary N) is 1. The lowest BCUT2D eigenvalue weighted by atomic mass is 9.52. The fourth-order valence-electron chi connectivity index (χ4n) is 5.01. The Labute approximate surface area is 119 Å². The van der Waals surface area contributed by atoms with Gasteiger partial charge in [-0.15, -0.1) is 10.2 Å². The van der Waals surface area contributed by atoms with Crippen LogP contribution in [0, 0.1) is 23.7 Å². The van der Waals surface area contributed by atoms with Crippen LogP contribution in [0.3, 0.4) is 0 Å². The summed E-state index contributed by atoms with van der Waals surface area (Å²) in [4.78, 5) is 0. The van der Waals surface area contributed by atoms with Crippen molar-refractivity contribution in [3.05, 3.63) is 10.0 Å². The molecule has 1 aromatic rings. The maximum Gasteiger partial charge on any atom is 0.134 e. The molecule has 4 aliphatic rings. The zero-order valence-electron chi connectivity index (χ0n) is 11.8. The summed E-state index contributed by atoms with van der Waals surface area (Å²) < 4.78 is 0. The van der Waals surface area contributed by atoms with Crippen LogP contribution in [0.1, 0.15) is 61.0 Å². The van der Waals surface area contributed by atoms with Crippen LogP contribution in [0.4, 0.5) is 0 Å². The molecule has 0 aliphatic heterocycles. The quantitative estimate of drug-likeness (QED) is 0.920. The van der Waals surface area contributed by atoms with Crippen LogP contribution in [0.2, 0.25) is 0 Å². The van der Waals surface area contributed by atoms with Gasteiger partial charge in [0.15, 0.2) is 0 Å². The van der Waals surface area contributed by atoms with Crippen molar-refractivity contribution in [2.75, 3.05) is 7.05 Å². The number of aromatic nitrogens is 2. The van der Waals surface area contributed by atoms with Crippen LogP contribution in [0.25, 0.3) is 0 Å². The fourth-order valence-corrected chi connectivity index (χ4v) is 6.20. The Morgan fingerprint density at radius 2 is 1.68 bits per heavy atom. The zero-order chi connectivity index (χ0) is 13.0. The standard InChI is InChI=1S/C15H23N3S/c1-8(16-2)14-17-18-15(19-14)13-11-4-9-3-10(6-11)7-12(13)5-9/h8-13,16H,3-7H2,1-2H3. The second kappa shape index (κ2) is 4.52. The van der Waals surface area contributed by atoms with Crippen LogP contribution in [-0.4, -0.2) is 17.2 Å². The summed E-state index contributed by atoms with van der Waals surface area (Å²) in [5.74, 6) is 4.66. The second-order valence-corrected chi connectivity index (χ2v) is 7.99. The molecule has 1 unspecified atom stereocenters.